The molecule has 1 radical (unpaired) electrons. The Bertz CT molecular complexity index is 479. The summed E-state index contributed by atoms with van der Waals surface area (Å²) in [4.78, 5) is 10.5. The van der Waals surface area contributed by atoms with Gasteiger partial charge in [-0.05, 0) is 17.9 Å². The molecule has 0 atom stereocenters. The second-order valence-corrected chi connectivity index (χ2v) is 4.61. The first-order chi connectivity index (χ1) is 7.29. The molecule has 0 unspecified atom stereocenters. The van der Waals surface area contributed by atoms with Crippen LogP contribution in [0, 0.1) is 28.4 Å². The van der Waals surface area contributed by atoms with Gasteiger partial charge in [-0.15, -0.1) is 0 Å². The van der Waals surface area contributed by atoms with Crippen LogP contribution in [-0.4, -0.2) is 4.92 Å². The first-order valence-corrected chi connectivity index (χ1v) is 4.83. The number of nitriles is 1. The van der Waals surface area contributed by atoms with Crippen molar-refractivity contribution < 1.29 is 4.92 Å². The number of hydrogen-bond donors (Lipinski definition) is 0. The summed E-state index contributed by atoms with van der Waals surface area (Å²) in [7, 11) is 0. The Kier molecular flexibility index (Phi) is 2.99. The maximum absolute atomic E-state index is 11.0. The summed E-state index contributed by atoms with van der Waals surface area (Å²) in [6.07, 6.45) is 0. The third-order valence-corrected chi connectivity index (χ3v) is 2.37. The minimum absolute atomic E-state index is 0.0532. The highest BCUT2D eigenvalue weighted by molar-refractivity contribution is 5.60. The van der Waals surface area contributed by atoms with E-state index in [-0.39, 0.29) is 16.7 Å². The normalized spacial score (nSPS) is 10.9. The zero-order valence-electron chi connectivity index (χ0n) is 9.57. The van der Waals surface area contributed by atoms with Crippen molar-refractivity contribution in [3.63, 3.8) is 0 Å². The van der Waals surface area contributed by atoms with Crippen molar-refractivity contribution in [2.75, 3.05) is 0 Å². The van der Waals surface area contributed by atoms with Gasteiger partial charge in [-0.25, -0.2) is 0 Å². The van der Waals surface area contributed by atoms with Crippen LogP contribution in [0.3, 0.4) is 0 Å². The summed E-state index contributed by atoms with van der Waals surface area (Å²) in [5.74, 6) is 0. The molecule has 0 fully saturated rings. The molecule has 4 heteroatoms. The van der Waals surface area contributed by atoms with E-state index in [2.05, 4.69) is 6.92 Å². The van der Waals surface area contributed by atoms with E-state index in [1.54, 1.807) is 12.1 Å². The molecular weight excluding hydrogens is 204 g/mol. The summed E-state index contributed by atoms with van der Waals surface area (Å²) >= 11 is 0. The lowest BCUT2D eigenvalue weighted by atomic mass is 9.84. The number of hydrogen-bond acceptors (Lipinski definition) is 3. The van der Waals surface area contributed by atoms with Gasteiger partial charge < -0.3 is 0 Å². The van der Waals surface area contributed by atoms with Crippen molar-refractivity contribution in [3.8, 4) is 6.07 Å². The van der Waals surface area contributed by atoms with E-state index in [0.29, 0.717) is 11.1 Å². The highest BCUT2D eigenvalue weighted by Gasteiger charge is 2.28. The van der Waals surface area contributed by atoms with Gasteiger partial charge in [0, 0.05) is 5.56 Å². The fourth-order valence-corrected chi connectivity index (χ4v) is 1.55. The molecule has 1 aromatic rings. The van der Waals surface area contributed by atoms with Crippen LogP contribution in [-0.2, 0) is 5.41 Å². The largest absolute Gasteiger partial charge is 0.291 e. The number of rotatable bonds is 1. The molecule has 0 aliphatic heterocycles. The SMILES string of the molecule is [CH2]c1ccc(C(C)(C)C)c([N+](=O)[O-])c1C#N. The summed E-state index contributed by atoms with van der Waals surface area (Å²) in [6.45, 7) is 9.25. The van der Waals surface area contributed by atoms with E-state index in [1.165, 1.54) is 0 Å². The molecule has 0 aliphatic carbocycles. The fraction of sp³-hybridized carbons (Fsp3) is 0.333. The number of nitro groups is 1. The lowest BCUT2D eigenvalue weighted by molar-refractivity contribution is -0.386. The molecule has 0 saturated heterocycles. The molecule has 0 N–H and O–H groups in total. The first-order valence-electron chi connectivity index (χ1n) is 4.83. The Morgan fingerprint density at radius 2 is 2.00 bits per heavy atom. The van der Waals surface area contributed by atoms with Crippen molar-refractivity contribution in [2.24, 2.45) is 0 Å². The molecule has 0 aliphatic rings. The van der Waals surface area contributed by atoms with Crippen molar-refractivity contribution in [2.45, 2.75) is 26.2 Å². The number of nitro benzene ring substituents is 1. The number of benzene rings is 1. The summed E-state index contributed by atoms with van der Waals surface area (Å²) in [6, 6.07) is 5.17. The van der Waals surface area contributed by atoms with Crippen LogP contribution in [0.2, 0.25) is 0 Å². The Hall–Kier alpha value is -1.89. The Labute approximate surface area is 94.7 Å². The van der Waals surface area contributed by atoms with Gasteiger partial charge >= 0.3 is 0 Å². The van der Waals surface area contributed by atoms with Gasteiger partial charge in [0.25, 0.3) is 5.69 Å². The summed E-state index contributed by atoms with van der Waals surface area (Å²) in [5.41, 5.74) is 0.505. The molecule has 0 spiro atoms. The first kappa shape index (κ1) is 12.2. The minimum atomic E-state index is -0.506. The second kappa shape index (κ2) is 3.93. The Morgan fingerprint density at radius 3 is 2.38 bits per heavy atom. The zero-order valence-corrected chi connectivity index (χ0v) is 9.57. The van der Waals surface area contributed by atoms with Gasteiger partial charge in [-0.2, -0.15) is 5.26 Å². The second-order valence-electron chi connectivity index (χ2n) is 4.61. The maximum atomic E-state index is 11.0. The minimum Gasteiger partial charge on any atom is -0.258 e. The van der Waals surface area contributed by atoms with Crippen LogP contribution in [0.4, 0.5) is 5.69 Å². The molecule has 0 aromatic heterocycles. The third-order valence-electron chi connectivity index (χ3n) is 2.37. The van der Waals surface area contributed by atoms with Crippen LogP contribution in [0.15, 0.2) is 12.1 Å². The maximum Gasteiger partial charge on any atom is 0.291 e. The predicted molar refractivity (Wildman–Crippen MR) is 61.0 cm³/mol. The van der Waals surface area contributed by atoms with Crippen LogP contribution >= 0.6 is 0 Å². The quantitative estimate of drug-likeness (QED) is 0.536. The van der Waals surface area contributed by atoms with E-state index in [4.69, 9.17) is 5.26 Å². The van der Waals surface area contributed by atoms with Crippen molar-refractivity contribution in [1.29, 1.82) is 5.26 Å². The number of nitrogens with zero attached hydrogens (tertiary/aromatic N) is 2. The van der Waals surface area contributed by atoms with Crippen molar-refractivity contribution in [1.82, 2.24) is 0 Å². The highest BCUT2D eigenvalue weighted by Crippen LogP contribution is 2.34. The topological polar surface area (TPSA) is 66.9 Å². The molecule has 4 nitrogen and oxygen atoms in total. The van der Waals surface area contributed by atoms with Crippen LogP contribution in [0.5, 0.6) is 0 Å². The van der Waals surface area contributed by atoms with E-state index in [1.807, 2.05) is 26.8 Å². The highest BCUT2D eigenvalue weighted by atomic mass is 16.6. The van der Waals surface area contributed by atoms with Crippen molar-refractivity contribution in [3.05, 3.63) is 45.9 Å². The lowest BCUT2D eigenvalue weighted by Crippen LogP contribution is -2.15. The van der Waals surface area contributed by atoms with Gasteiger partial charge in [0.15, 0.2) is 0 Å². The smallest absolute Gasteiger partial charge is 0.258 e. The van der Waals surface area contributed by atoms with Crippen LogP contribution in [0.1, 0.15) is 37.5 Å². The molecule has 16 heavy (non-hydrogen) atoms. The van der Waals surface area contributed by atoms with Gasteiger partial charge in [0.05, 0.1) is 4.92 Å². The average Bonchev–Trinajstić information content (AvgIpc) is 2.14. The lowest BCUT2D eigenvalue weighted by Gasteiger charge is -2.19. The molecule has 0 saturated carbocycles. The van der Waals surface area contributed by atoms with E-state index < -0.39 is 4.92 Å². The molecule has 0 heterocycles. The Morgan fingerprint density at radius 1 is 1.44 bits per heavy atom. The zero-order chi connectivity index (χ0) is 12.5. The molecule has 0 amide bonds. The van der Waals surface area contributed by atoms with Gasteiger partial charge in [-0.3, -0.25) is 10.1 Å². The van der Waals surface area contributed by atoms with Gasteiger partial charge in [-0.1, -0.05) is 32.9 Å². The molecule has 0 bridgehead atoms. The standard InChI is InChI=1S/C12H13N2O2/c1-8-5-6-10(12(2,3)4)11(14(15)16)9(8)7-13/h5-6H,1H2,2-4H3. The molecule has 83 valence electrons. The van der Waals surface area contributed by atoms with Gasteiger partial charge in [0.2, 0.25) is 0 Å². The molecule has 1 aromatic carbocycles. The molecular formula is C12H13N2O2. The average molecular weight is 217 g/mol. The van der Waals surface area contributed by atoms with Crippen molar-refractivity contribution >= 4 is 5.69 Å². The summed E-state index contributed by atoms with van der Waals surface area (Å²) in [5, 5.41) is 20.0. The van der Waals surface area contributed by atoms with E-state index >= 15 is 0 Å². The van der Waals surface area contributed by atoms with Gasteiger partial charge in [0.1, 0.15) is 11.6 Å². The van der Waals surface area contributed by atoms with Crippen LogP contribution < -0.4 is 0 Å². The summed E-state index contributed by atoms with van der Waals surface area (Å²) < 4.78 is 0. The molecule has 1 rings (SSSR count). The Balaban J connectivity index is 3.67. The van der Waals surface area contributed by atoms with E-state index in [9.17, 15) is 10.1 Å². The fourth-order valence-electron chi connectivity index (χ4n) is 1.55. The van der Waals surface area contributed by atoms with Crippen LogP contribution in [0.25, 0.3) is 0 Å². The predicted octanol–water partition coefficient (Wildman–Crippen LogP) is 2.95. The van der Waals surface area contributed by atoms with E-state index in [0.717, 1.165) is 0 Å². The monoisotopic (exact) mass is 217 g/mol. The third kappa shape index (κ3) is 2.03.